The van der Waals surface area contributed by atoms with Crippen LogP contribution >= 0.6 is 11.8 Å². The number of phenolic OH excluding ortho intramolecular Hbond substituents is 1. The van der Waals surface area contributed by atoms with E-state index >= 15 is 0 Å². The van der Waals surface area contributed by atoms with Gasteiger partial charge in [-0.25, -0.2) is 4.98 Å². The van der Waals surface area contributed by atoms with Gasteiger partial charge in [-0.05, 0) is 29.7 Å². The summed E-state index contributed by atoms with van der Waals surface area (Å²) >= 11 is 1.76. The summed E-state index contributed by atoms with van der Waals surface area (Å²) in [5.41, 5.74) is 8.56. The Labute approximate surface area is 168 Å². The van der Waals surface area contributed by atoms with E-state index in [0.717, 1.165) is 17.1 Å². The van der Waals surface area contributed by atoms with Gasteiger partial charge in [-0.2, -0.15) is 11.8 Å². The first kappa shape index (κ1) is 20.0. The zero-order valence-corrected chi connectivity index (χ0v) is 16.2. The molecule has 0 saturated heterocycles. The molecule has 1 unspecified atom stereocenters. The Bertz CT molecular complexity index is 881. The number of phenols is 1. The van der Waals surface area contributed by atoms with Crippen LogP contribution in [0.25, 0.3) is 0 Å². The van der Waals surface area contributed by atoms with Crippen LogP contribution in [0.4, 0.5) is 0 Å². The highest BCUT2D eigenvalue weighted by atomic mass is 32.2. The maximum absolute atomic E-state index is 12.2. The first-order valence-corrected chi connectivity index (χ1v) is 10.2. The number of carbonyl (C=O) groups excluding carboxylic acids is 1. The average Bonchev–Trinajstić information content (AvgIpc) is 3.21. The Morgan fingerprint density at radius 1 is 1.14 bits per heavy atom. The van der Waals surface area contributed by atoms with E-state index in [2.05, 4.69) is 22.4 Å². The largest absolute Gasteiger partial charge is 0.508 e. The van der Waals surface area contributed by atoms with Crippen molar-refractivity contribution in [2.45, 2.75) is 18.2 Å². The molecular weight excluding hydrogens is 374 g/mol. The molecular formula is C21H23N3O3S. The van der Waals surface area contributed by atoms with Gasteiger partial charge in [0.05, 0.1) is 6.04 Å². The molecule has 2 aromatic carbocycles. The van der Waals surface area contributed by atoms with Gasteiger partial charge in [0.15, 0.2) is 5.69 Å². The first-order valence-electron chi connectivity index (χ1n) is 9.00. The number of nitrogens with two attached hydrogens (primary N) is 1. The second-order valence-corrected chi connectivity index (χ2v) is 7.45. The molecule has 7 heteroatoms. The molecule has 1 aromatic heterocycles. The fraction of sp³-hybridized carbons (Fsp3) is 0.238. The van der Waals surface area contributed by atoms with Gasteiger partial charge in [0.25, 0.3) is 5.91 Å². The van der Waals surface area contributed by atoms with Crippen molar-refractivity contribution in [3.05, 3.63) is 83.6 Å². The first-order chi connectivity index (χ1) is 13.6. The van der Waals surface area contributed by atoms with Gasteiger partial charge in [-0.3, -0.25) is 4.79 Å². The minimum Gasteiger partial charge on any atom is -0.508 e. The summed E-state index contributed by atoms with van der Waals surface area (Å²) in [7, 11) is 0. The quantitative estimate of drug-likeness (QED) is 0.479. The molecule has 4 N–H and O–H groups in total. The van der Waals surface area contributed by atoms with Crippen LogP contribution in [0.1, 0.15) is 33.5 Å². The minimum atomic E-state index is -0.465. The smallest absolute Gasteiger partial charge is 0.273 e. The summed E-state index contributed by atoms with van der Waals surface area (Å²) in [6.07, 6.45) is 1.83. The molecule has 0 spiro atoms. The number of hydrogen-bond donors (Lipinski definition) is 3. The monoisotopic (exact) mass is 397 g/mol. The molecule has 28 heavy (non-hydrogen) atoms. The summed E-state index contributed by atoms with van der Waals surface area (Å²) in [6.45, 7) is 0.554. The Morgan fingerprint density at radius 3 is 2.64 bits per heavy atom. The molecule has 1 amide bonds. The van der Waals surface area contributed by atoms with Crippen LogP contribution in [-0.4, -0.2) is 28.3 Å². The van der Waals surface area contributed by atoms with Crippen molar-refractivity contribution >= 4 is 17.7 Å². The van der Waals surface area contributed by atoms with Crippen molar-refractivity contribution in [2.24, 2.45) is 5.73 Å². The number of aromatic hydroxyl groups is 1. The molecule has 1 heterocycles. The number of hydrogen-bond acceptors (Lipinski definition) is 6. The molecule has 0 radical (unpaired) electrons. The number of aromatic nitrogens is 1. The maximum atomic E-state index is 12.2. The Balaban J connectivity index is 1.42. The van der Waals surface area contributed by atoms with Gasteiger partial charge in [-0.15, -0.1) is 0 Å². The van der Waals surface area contributed by atoms with E-state index in [9.17, 15) is 9.90 Å². The number of nitrogens with one attached hydrogen (secondary N) is 1. The van der Waals surface area contributed by atoms with Crippen molar-refractivity contribution in [3.8, 4) is 5.75 Å². The lowest BCUT2D eigenvalue weighted by Gasteiger charge is -2.07. The highest BCUT2D eigenvalue weighted by Crippen LogP contribution is 2.18. The summed E-state index contributed by atoms with van der Waals surface area (Å²) in [4.78, 5) is 16.4. The second-order valence-electron chi connectivity index (χ2n) is 6.34. The Hall–Kier alpha value is -2.77. The van der Waals surface area contributed by atoms with Crippen molar-refractivity contribution in [1.29, 1.82) is 0 Å². The molecule has 0 aliphatic carbocycles. The van der Waals surface area contributed by atoms with Crippen LogP contribution in [0.3, 0.4) is 0 Å². The Morgan fingerprint density at radius 2 is 1.89 bits per heavy atom. The number of thioether (sulfide) groups is 1. The van der Waals surface area contributed by atoms with Gasteiger partial charge in [0.1, 0.15) is 12.0 Å². The predicted molar refractivity (Wildman–Crippen MR) is 110 cm³/mol. The number of oxazole rings is 1. The van der Waals surface area contributed by atoms with Crippen molar-refractivity contribution in [3.63, 3.8) is 0 Å². The highest BCUT2D eigenvalue weighted by molar-refractivity contribution is 7.98. The number of benzene rings is 2. The minimum absolute atomic E-state index is 0.203. The molecule has 3 rings (SSSR count). The fourth-order valence-electron chi connectivity index (χ4n) is 2.63. The van der Waals surface area contributed by atoms with Crippen LogP contribution in [0, 0.1) is 0 Å². The molecule has 0 aliphatic rings. The molecule has 1 atom stereocenters. The lowest BCUT2D eigenvalue weighted by molar-refractivity contribution is 0.0951. The number of nitrogens with zero attached hydrogens (tertiary/aromatic N) is 1. The molecule has 0 aliphatic heterocycles. The van der Waals surface area contributed by atoms with Crippen LogP contribution in [0.2, 0.25) is 0 Å². The zero-order chi connectivity index (χ0) is 19.8. The molecule has 0 saturated carbocycles. The third kappa shape index (κ3) is 5.87. The summed E-state index contributed by atoms with van der Waals surface area (Å²) < 4.78 is 5.38. The maximum Gasteiger partial charge on any atom is 0.273 e. The number of carbonyl (C=O) groups is 1. The highest BCUT2D eigenvalue weighted by Gasteiger charge is 2.17. The van der Waals surface area contributed by atoms with E-state index in [0.29, 0.717) is 18.9 Å². The summed E-state index contributed by atoms with van der Waals surface area (Å²) in [5, 5.41) is 12.2. The lowest BCUT2D eigenvalue weighted by Crippen LogP contribution is -2.26. The van der Waals surface area contributed by atoms with Gasteiger partial charge in [-0.1, -0.05) is 42.5 Å². The van der Waals surface area contributed by atoms with Crippen molar-refractivity contribution < 1.29 is 14.3 Å². The standard InChI is InChI=1S/C21H23N3O3S/c22-18(12-15-6-8-17(25)9-7-15)21-24-19(13-27-21)20(26)23-10-11-28-14-16-4-2-1-3-5-16/h1-9,13,18,25H,10-12,14,22H2,(H,23,26). The van der Waals surface area contributed by atoms with Gasteiger partial charge in [0.2, 0.25) is 5.89 Å². The van der Waals surface area contributed by atoms with Crippen LogP contribution in [0.15, 0.2) is 65.3 Å². The predicted octanol–water partition coefficient (Wildman–Crippen LogP) is 3.29. The van der Waals surface area contributed by atoms with E-state index in [-0.39, 0.29) is 17.4 Å². The van der Waals surface area contributed by atoms with E-state index < -0.39 is 6.04 Å². The summed E-state index contributed by atoms with van der Waals surface area (Å²) in [6, 6.07) is 16.5. The van der Waals surface area contributed by atoms with Crippen molar-refractivity contribution in [1.82, 2.24) is 10.3 Å². The molecule has 146 valence electrons. The van der Waals surface area contributed by atoms with Crippen LogP contribution < -0.4 is 11.1 Å². The zero-order valence-electron chi connectivity index (χ0n) is 15.4. The van der Waals surface area contributed by atoms with Crippen LogP contribution in [0.5, 0.6) is 5.75 Å². The SMILES string of the molecule is NC(Cc1ccc(O)cc1)c1nc(C(=O)NCCSCc2ccccc2)co1. The van der Waals surface area contributed by atoms with E-state index in [1.807, 2.05) is 18.2 Å². The third-order valence-corrected chi connectivity index (χ3v) is 5.14. The number of amides is 1. The van der Waals surface area contributed by atoms with Crippen molar-refractivity contribution in [2.75, 3.05) is 12.3 Å². The average molecular weight is 398 g/mol. The fourth-order valence-corrected chi connectivity index (χ4v) is 3.45. The topological polar surface area (TPSA) is 101 Å². The van der Waals surface area contributed by atoms with Crippen LogP contribution in [-0.2, 0) is 12.2 Å². The van der Waals surface area contributed by atoms with E-state index in [1.165, 1.54) is 11.8 Å². The molecule has 0 fully saturated rings. The molecule has 6 nitrogen and oxygen atoms in total. The summed E-state index contributed by atoms with van der Waals surface area (Å²) in [5.74, 6) is 1.97. The normalized spacial score (nSPS) is 11.9. The molecule has 3 aromatic rings. The van der Waals surface area contributed by atoms with E-state index in [1.54, 1.807) is 36.0 Å². The van der Waals surface area contributed by atoms with E-state index in [4.69, 9.17) is 10.2 Å². The third-order valence-electron chi connectivity index (χ3n) is 4.11. The van der Waals surface area contributed by atoms with Gasteiger partial charge >= 0.3 is 0 Å². The van der Waals surface area contributed by atoms with Gasteiger partial charge in [0, 0.05) is 18.1 Å². The number of rotatable bonds is 9. The second kappa shape index (κ2) is 9.96. The van der Waals surface area contributed by atoms with Gasteiger partial charge < -0.3 is 20.6 Å². The Kier molecular flexibility index (Phi) is 7.11. The molecule has 0 bridgehead atoms. The lowest BCUT2D eigenvalue weighted by atomic mass is 10.1.